The van der Waals surface area contributed by atoms with Gasteiger partial charge in [-0.15, -0.1) is 0 Å². The molecule has 4 N–H and O–H groups in total. The van der Waals surface area contributed by atoms with E-state index in [1.165, 1.54) is 25.7 Å². The SMILES string of the molecule is CSC1CCCC(NCC(N)=NO)C1. The predicted octanol–water partition coefficient (Wildman–Crippen LogP) is 0.997. The molecule has 1 saturated carbocycles. The maximum absolute atomic E-state index is 8.38. The summed E-state index contributed by atoms with van der Waals surface area (Å²) < 4.78 is 0. The molecule has 2 unspecified atom stereocenters. The topological polar surface area (TPSA) is 70.6 Å². The highest BCUT2D eigenvalue weighted by atomic mass is 32.2. The van der Waals surface area contributed by atoms with E-state index >= 15 is 0 Å². The number of nitrogens with two attached hydrogens (primary N) is 1. The molecule has 4 nitrogen and oxygen atoms in total. The lowest BCUT2D eigenvalue weighted by atomic mass is 9.95. The van der Waals surface area contributed by atoms with E-state index in [9.17, 15) is 0 Å². The van der Waals surface area contributed by atoms with Gasteiger partial charge in [0.05, 0.1) is 6.54 Å². The normalized spacial score (nSPS) is 29.1. The van der Waals surface area contributed by atoms with Gasteiger partial charge in [0.1, 0.15) is 0 Å². The molecule has 5 heteroatoms. The Balaban J connectivity index is 2.24. The van der Waals surface area contributed by atoms with Crippen molar-refractivity contribution in [3.05, 3.63) is 0 Å². The van der Waals surface area contributed by atoms with Gasteiger partial charge in [0.15, 0.2) is 5.84 Å². The quantitative estimate of drug-likeness (QED) is 0.284. The van der Waals surface area contributed by atoms with Crippen LogP contribution in [-0.2, 0) is 0 Å². The van der Waals surface area contributed by atoms with Crippen molar-refractivity contribution in [3.63, 3.8) is 0 Å². The minimum absolute atomic E-state index is 0.260. The van der Waals surface area contributed by atoms with Crippen molar-refractivity contribution in [2.24, 2.45) is 10.9 Å². The van der Waals surface area contributed by atoms with Crippen LogP contribution in [-0.4, -0.2) is 35.1 Å². The molecule has 0 radical (unpaired) electrons. The van der Waals surface area contributed by atoms with Gasteiger partial charge in [-0.1, -0.05) is 11.6 Å². The van der Waals surface area contributed by atoms with E-state index < -0.39 is 0 Å². The Morgan fingerprint density at radius 1 is 1.64 bits per heavy atom. The number of hydrogen-bond donors (Lipinski definition) is 3. The van der Waals surface area contributed by atoms with Crippen molar-refractivity contribution >= 4 is 17.6 Å². The second kappa shape index (κ2) is 6.14. The van der Waals surface area contributed by atoms with E-state index in [4.69, 9.17) is 10.9 Å². The number of oxime groups is 1. The Bertz CT molecular complexity index is 198. The van der Waals surface area contributed by atoms with Crippen molar-refractivity contribution in [2.45, 2.75) is 37.0 Å². The molecule has 2 atom stereocenters. The Morgan fingerprint density at radius 2 is 2.43 bits per heavy atom. The van der Waals surface area contributed by atoms with E-state index in [1.54, 1.807) is 0 Å². The fourth-order valence-electron chi connectivity index (χ4n) is 1.83. The summed E-state index contributed by atoms with van der Waals surface area (Å²) in [6.45, 7) is 0.488. The molecule has 0 bridgehead atoms. The standard InChI is InChI=1S/C9H19N3OS/c1-14-8-4-2-3-7(5-8)11-6-9(10)12-13/h7-8,11,13H,2-6H2,1H3,(H2,10,12). The largest absolute Gasteiger partial charge is 0.409 e. The zero-order chi connectivity index (χ0) is 10.4. The van der Waals surface area contributed by atoms with Crippen molar-refractivity contribution in [2.75, 3.05) is 12.8 Å². The Hall–Kier alpha value is -0.420. The monoisotopic (exact) mass is 217 g/mol. The number of hydrogen-bond acceptors (Lipinski definition) is 4. The average Bonchev–Trinajstić information content (AvgIpc) is 2.26. The van der Waals surface area contributed by atoms with Crippen LogP contribution in [0.4, 0.5) is 0 Å². The second-order valence-electron chi connectivity index (χ2n) is 3.69. The van der Waals surface area contributed by atoms with Crippen LogP contribution in [0.15, 0.2) is 5.16 Å². The van der Waals surface area contributed by atoms with Gasteiger partial charge in [-0.05, 0) is 25.5 Å². The lowest BCUT2D eigenvalue weighted by Crippen LogP contribution is -2.40. The molecule has 0 aromatic heterocycles. The van der Waals surface area contributed by atoms with Crippen LogP contribution < -0.4 is 11.1 Å². The molecule has 0 heterocycles. The molecular formula is C9H19N3OS. The lowest BCUT2D eigenvalue weighted by Gasteiger charge is -2.28. The highest BCUT2D eigenvalue weighted by molar-refractivity contribution is 7.99. The van der Waals surface area contributed by atoms with Crippen LogP contribution >= 0.6 is 11.8 Å². The zero-order valence-electron chi connectivity index (χ0n) is 8.57. The van der Waals surface area contributed by atoms with Gasteiger partial charge in [-0.25, -0.2) is 0 Å². The van der Waals surface area contributed by atoms with Crippen LogP contribution in [0.2, 0.25) is 0 Å². The van der Waals surface area contributed by atoms with Crippen LogP contribution in [0.25, 0.3) is 0 Å². The second-order valence-corrected chi connectivity index (χ2v) is 4.83. The van der Waals surface area contributed by atoms with Gasteiger partial charge < -0.3 is 16.3 Å². The fourth-order valence-corrected chi connectivity index (χ4v) is 2.66. The molecule has 1 fully saturated rings. The number of thioether (sulfide) groups is 1. The smallest absolute Gasteiger partial charge is 0.153 e. The molecule has 0 spiro atoms. The maximum atomic E-state index is 8.38. The summed E-state index contributed by atoms with van der Waals surface area (Å²) in [7, 11) is 0. The maximum Gasteiger partial charge on any atom is 0.153 e. The molecular weight excluding hydrogens is 198 g/mol. The Labute approximate surface area is 89.3 Å². The van der Waals surface area contributed by atoms with Crippen molar-refractivity contribution in [1.29, 1.82) is 0 Å². The van der Waals surface area contributed by atoms with Crippen molar-refractivity contribution < 1.29 is 5.21 Å². The number of nitrogens with zero attached hydrogens (tertiary/aromatic N) is 1. The molecule has 1 aliphatic carbocycles. The van der Waals surface area contributed by atoms with E-state index in [1.807, 2.05) is 11.8 Å². The van der Waals surface area contributed by atoms with Crippen molar-refractivity contribution in [1.82, 2.24) is 5.32 Å². The first-order valence-electron chi connectivity index (χ1n) is 4.99. The first-order chi connectivity index (χ1) is 6.76. The van der Waals surface area contributed by atoms with Crippen molar-refractivity contribution in [3.8, 4) is 0 Å². The minimum Gasteiger partial charge on any atom is -0.409 e. The highest BCUT2D eigenvalue weighted by Gasteiger charge is 2.20. The molecule has 0 aromatic rings. The molecule has 0 amide bonds. The minimum atomic E-state index is 0.260. The van der Waals surface area contributed by atoms with Crippen LogP contribution in [0, 0.1) is 0 Å². The van der Waals surface area contributed by atoms with E-state index in [0.717, 1.165) is 5.25 Å². The molecule has 82 valence electrons. The third-order valence-electron chi connectivity index (χ3n) is 2.66. The zero-order valence-corrected chi connectivity index (χ0v) is 9.39. The highest BCUT2D eigenvalue weighted by Crippen LogP contribution is 2.26. The number of nitrogens with one attached hydrogen (secondary N) is 1. The predicted molar refractivity (Wildman–Crippen MR) is 61.0 cm³/mol. The third-order valence-corrected chi connectivity index (χ3v) is 3.75. The Kier molecular flexibility index (Phi) is 5.11. The first-order valence-corrected chi connectivity index (χ1v) is 6.27. The van der Waals surface area contributed by atoms with Gasteiger partial charge in [0, 0.05) is 11.3 Å². The van der Waals surface area contributed by atoms with E-state index in [2.05, 4.69) is 16.7 Å². The summed E-state index contributed by atoms with van der Waals surface area (Å²) in [5.41, 5.74) is 5.39. The van der Waals surface area contributed by atoms with Gasteiger partial charge in [0.2, 0.25) is 0 Å². The van der Waals surface area contributed by atoms with Gasteiger partial charge in [-0.2, -0.15) is 11.8 Å². The van der Waals surface area contributed by atoms with E-state index in [-0.39, 0.29) is 5.84 Å². The average molecular weight is 217 g/mol. The number of amidine groups is 1. The molecule has 0 saturated heterocycles. The number of rotatable bonds is 4. The summed E-state index contributed by atoms with van der Waals surface area (Å²) in [6.07, 6.45) is 7.16. The van der Waals surface area contributed by atoms with Gasteiger partial charge in [0.25, 0.3) is 0 Å². The summed E-state index contributed by atoms with van der Waals surface area (Å²) in [4.78, 5) is 0. The molecule has 0 aliphatic heterocycles. The van der Waals surface area contributed by atoms with E-state index in [0.29, 0.717) is 12.6 Å². The summed E-state index contributed by atoms with van der Waals surface area (Å²) in [6, 6.07) is 0.529. The third kappa shape index (κ3) is 3.75. The summed E-state index contributed by atoms with van der Waals surface area (Å²) in [5.74, 6) is 0.260. The molecule has 1 rings (SSSR count). The molecule has 14 heavy (non-hydrogen) atoms. The summed E-state index contributed by atoms with van der Waals surface area (Å²) >= 11 is 1.94. The first kappa shape index (κ1) is 11.7. The fraction of sp³-hybridized carbons (Fsp3) is 0.889. The van der Waals surface area contributed by atoms with Gasteiger partial charge >= 0.3 is 0 Å². The molecule has 1 aliphatic rings. The van der Waals surface area contributed by atoms with Crippen LogP contribution in [0.5, 0.6) is 0 Å². The Morgan fingerprint density at radius 3 is 3.07 bits per heavy atom. The van der Waals surface area contributed by atoms with Crippen LogP contribution in [0.3, 0.4) is 0 Å². The van der Waals surface area contributed by atoms with Gasteiger partial charge in [-0.3, -0.25) is 0 Å². The summed E-state index contributed by atoms with van der Waals surface area (Å²) in [5, 5.41) is 15.4. The molecule has 0 aromatic carbocycles. The van der Waals surface area contributed by atoms with Crippen LogP contribution in [0.1, 0.15) is 25.7 Å². The lowest BCUT2D eigenvalue weighted by molar-refractivity contribution is 0.315.